The number of rotatable bonds is 7. The van der Waals surface area contributed by atoms with Gasteiger partial charge in [-0.15, -0.1) is 0 Å². The Morgan fingerprint density at radius 3 is 2.69 bits per heavy atom. The van der Waals surface area contributed by atoms with Crippen LogP contribution in [-0.4, -0.2) is 44.7 Å². The fraction of sp³-hybridized carbons (Fsp3) is 0.375. The molecule has 1 aromatic heterocycles. The number of carbonyl (C=O) groups is 1. The molecule has 2 heterocycles. The highest BCUT2D eigenvalue weighted by Crippen LogP contribution is 2.19. The van der Waals surface area contributed by atoms with Crippen LogP contribution in [-0.2, 0) is 17.9 Å². The molecule has 0 spiro atoms. The standard InChI is InChI=1S/C24H28FN5OS/c1-17-3-2-4-19(15-17)23-27-28-24(32)30(23)14-11-22(31)26-21-9-12-29(13-10-21)16-18-5-7-20(25)8-6-18/h2-8,15,21H,9-14,16H2,1H3,(H,26,31)(H,28,32). The summed E-state index contributed by atoms with van der Waals surface area (Å²) in [5.74, 6) is 0.568. The zero-order valence-electron chi connectivity index (χ0n) is 18.2. The van der Waals surface area contributed by atoms with Gasteiger partial charge in [-0.2, -0.15) is 5.10 Å². The molecular formula is C24H28FN5OS. The van der Waals surface area contributed by atoms with Gasteiger partial charge in [0, 0.05) is 44.2 Å². The number of likely N-dealkylation sites (tertiary alicyclic amines) is 1. The molecular weight excluding hydrogens is 425 g/mol. The van der Waals surface area contributed by atoms with E-state index in [2.05, 4.69) is 26.5 Å². The summed E-state index contributed by atoms with van der Waals surface area (Å²) in [6.45, 7) is 5.14. The van der Waals surface area contributed by atoms with Crippen LogP contribution in [0.4, 0.5) is 4.39 Å². The van der Waals surface area contributed by atoms with Gasteiger partial charge >= 0.3 is 0 Å². The van der Waals surface area contributed by atoms with Crippen LogP contribution in [0.1, 0.15) is 30.4 Å². The van der Waals surface area contributed by atoms with Crippen molar-refractivity contribution in [2.45, 2.75) is 45.3 Å². The van der Waals surface area contributed by atoms with E-state index in [1.165, 1.54) is 12.1 Å². The van der Waals surface area contributed by atoms with Crippen molar-refractivity contribution < 1.29 is 9.18 Å². The number of nitrogens with zero attached hydrogens (tertiary/aromatic N) is 3. The van der Waals surface area contributed by atoms with Crippen molar-refractivity contribution in [1.29, 1.82) is 0 Å². The first-order valence-electron chi connectivity index (χ1n) is 11.0. The van der Waals surface area contributed by atoms with Crippen molar-refractivity contribution in [2.24, 2.45) is 0 Å². The van der Waals surface area contributed by atoms with Crippen LogP contribution in [0.2, 0.25) is 0 Å². The fourth-order valence-electron chi connectivity index (χ4n) is 4.13. The monoisotopic (exact) mass is 453 g/mol. The minimum Gasteiger partial charge on any atom is -0.353 e. The van der Waals surface area contributed by atoms with Gasteiger partial charge in [0.1, 0.15) is 5.82 Å². The number of halogens is 1. The average Bonchev–Trinajstić information content (AvgIpc) is 3.15. The third-order valence-corrected chi connectivity index (χ3v) is 6.18. The van der Waals surface area contributed by atoms with E-state index in [4.69, 9.17) is 12.2 Å². The number of hydrogen-bond donors (Lipinski definition) is 2. The van der Waals surface area contributed by atoms with Gasteiger partial charge in [-0.25, -0.2) is 4.39 Å². The van der Waals surface area contributed by atoms with E-state index >= 15 is 0 Å². The third kappa shape index (κ3) is 5.69. The van der Waals surface area contributed by atoms with Gasteiger partial charge in [0.2, 0.25) is 5.91 Å². The number of carbonyl (C=O) groups excluding carboxylic acids is 1. The summed E-state index contributed by atoms with van der Waals surface area (Å²) in [5, 5.41) is 10.4. The SMILES string of the molecule is Cc1cccc(-c2n[nH]c(=S)n2CCC(=O)NC2CCN(Cc3ccc(F)cc3)CC2)c1. The van der Waals surface area contributed by atoms with Gasteiger partial charge in [-0.1, -0.05) is 35.9 Å². The third-order valence-electron chi connectivity index (χ3n) is 5.87. The van der Waals surface area contributed by atoms with Crippen molar-refractivity contribution in [1.82, 2.24) is 25.0 Å². The van der Waals surface area contributed by atoms with Crippen LogP contribution in [0.3, 0.4) is 0 Å². The Kier molecular flexibility index (Phi) is 7.12. The summed E-state index contributed by atoms with van der Waals surface area (Å²) in [5.41, 5.74) is 3.23. The minimum absolute atomic E-state index is 0.0280. The second-order valence-electron chi connectivity index (χ2n) is 8.37. The van der Waals surface area contributed by atoms with Gasteiger partial charge < -0.3 is 5.32 Å². The Morgan fingerprint density at radius 2 is 1.97 bits per heavy atom. The molecule has 4 rings (SSSR count). The molecule has 0 radical (unpaired) electrons. The molecule has 2 N–H and O–H groups in total. The number of H-pyrrole nitrogens is 1. The Hall–Kier alpha value is -2.84. The molecule has 1 aliphatic rings. The molecule has 0 aliphatic carbocycles. The van der Waals surface area contributed by atoms with Gasteiger partial charge in [0.15, 0.2) is 10.6 Å². The van der Waals surface area contributed by atoms with Gasteiger partial charge in [-0.3, -0.25) is 19.4 Å². The summed E-state index contributed by atoms with van der Waals surface area (Å²) in [4.78, 5) is 14.9. The molecule has 168 valence electrons. The molecule has 1 aliphatic heterocycles. The molecule has 1 saturated heterocycles. The van der Waals surface area contributed by atoms with Crippen LogP contribution in [0.25, 0.3) is 11.4 Å². The van der Waals surface area contributed by atoms with E-state index in [9.17, 15) is 9.18 Å². The van der Waals surface area contributed by atoms with E-state index < -0.39 is 0 Å². The van der Waals surface area contributed by atoms with Gasteiger partial charge in [0.05, 0.1) is 0 Å². The average molecular weight is 454 g/mol. The number of benzene rings is 2. The highest BCUT2D eigenvalue weighted by molar-refractivity contribution is 7.71. The molecule has 0 bridgehead atoms. The van der Waals surface area contributed by atoms with Crippen LogP contribution in [0.15, 0.2) is 48.5 Å². The molecule has 6 nitrogen and oxygen atoms in total. The molecule has 8 heteroatoms. The number of piperidine rings is 1. The highest BCUT2D eigenvalue weighted by atomic mass is 32.1. The smallest absolute Gasteiger partial charge is 0.222 e. The zero-order valence-corrected chi connectivity index (χ0v) is 19.0. The zero-order chi connectivity index (χ0) is 22.5. The normalized spacial score (nSPS) is 15.1. The van der Waals surface area contributed by atoms with E-state index in [1.807, 2.05) is 41.8 Å². The Balaban J connectivity index is 1.26. The number of aromatic nitrogens is 3. The lowest BCUT2D eigenvalue weighted by atomic mass is 10.0. The second-order valence-corrected chi connectivity index (χ2v) is 8.75. The molecule has 3 aromatic rings. The number of hydrogen-bond acceptors (Lipinski definition) is 4. The largest absolute Gasteiger partial charge is 0.353 e. The summed E-state index contributed by atoms with van der Waals surface area (Å²) >= 11 is 5.38. The topological polar surface area (TPSA) is 66.0 Å². The van der Waals surface area contributed by atoms with Gasteiger partial charge in [0.25, 0.3) is 0 Å². The summed E-state index contributed by atoms with van der Waals surface area (Å²) < 4.78 is 15.5. The molecule has 0 saturated carbocycles. The molecule has 2 aromatic carbocycles. The predicted octanol–water partition coefficient (Wildman–Crippen LogP) is 4.23. The molecule has 32 heavy (non-hydrogen) atoms. The fourth-order valence-corrected chi connectivity index (χ4v) is 4.35. The van der Waals surface area contributed by atoms with Crippen LogP contribution >= 0.6 is 12.2 Å². The Bertz CT molecular complexity index is 1120. The first kappa shape index (κ1) is 22.4. The number of aryl methyl sites for hydroxylation is 1. The minimum atomic E-state index is -0.210. The highest BCUT2D eigenvalue weighted by Gasteiger charge is 2.21. The lowest BCUT2D eigenvalue weighted by Gasteiger charge is -2.32. The lowest BCUT2D eigenvalue weighted by molar-refractivity contribution is -0.122. The Labute approximate surface area is 192 Å². The predicted molar refractivity (Wildman–Crippen MR) is 125 cm³/mol. The van der Waals surface area contributed by atoms with E-state index in [1.54, 1.807) is 0 Å². The van der Waals surface area contributed by atoms with Crippen LogP contribution in [0.5, 0.6) is 0 Å². The first-order valence-corrected chi connectivity index (χ1v) is 11.4. The van der Waals surface area contributed by atoms with Crippen molar-refractivity contribution in [3.63, 3.8) is 0 Å². The maximum absolute atomic E-state index is 13.1. The van der Waals surface area contributed by atoms with Crippen molar-refractivity contribution in [3.8, 4) is 11.4 Å². The van der Waals surface area contributed by atoms with Crippen molar-refractivity contribution in [3.05, 3.63) is 70.2 Å². The number of aromatic amines is 1. The molecule has 1 amide bonds. The Morgan fingerprint density at radius 1 is 1.22 bits per heavy atom. The van der Waals surface area contributed by atoms with E-state index in [0.29, 0.717) is 17.7 Å². The number of nitrogens with one attached hydrogen (secondary N) is 2. The maximum Gasteiger partial charge on any atom is 0.222 e. The summed E-state index contributed by atoms with van der Waals surface area (Å²) in [6, 6.07) is 14.9. The summed E-state index contributed by atoms with van der Waals surface area (Å²) in [7, 11) is 0. The quantitative estimate of drug-likeness (QED) is 0.526. The lowest BCUT2D eigenvalue weighted by Crippen LogP contribution is -2.44. The van der Waals surface area contributed by atoms with Crippen LogP contribution in [0, 0.1) is 17.5 Å². The van der Waals surface area contributed by atoms with Crippen molar-refractivity contribution in [2.75, 3.05) is 13.1 Å². The molecule has 0 atom stereocenters. The second kappa shape index (κ2) is 10.2. The van der Waals surface area contributed by atoms with Crippen molar-refractivity contribution >= 4 is 18.1 Å². The maximum atomic E-state index is 13.1. The number of amides is 1. The van der Waals surface area contributed by atoms with E-state index in [0.717, 1.165) is 55.0 Å². The van der Waals surface area contributed by atoms with Gasteiger partial charge in [-0.05, 0) is 55.7 Å². The molecule has 1 fully saturated rings. The van der Waals surface area contributed by atoms with E-state index in [-0.39, 0.29) is 17.8 Å². The first-order chi connectivity index (χ1) is 15.5. The molecule has 0 unspecified atom stereocenters. The van der Waals surface area contributed by atoms with Crippen LogP contribution < -0.4 is 5.32 Å². The summed E-state index contributed by atoms with van der Waals surface area (Å²) in [6.07, 6.45) is 2.17.